The smallest absolute Gasteiger partial charge is 0.227 e. The number of amides is 1. The van der Waals surface area contributed by atoms with Crippen molar-refractivity contribution >= 4 is 46.5 Å². The molecule has 0 saturated carbocycles. The fraction of sp³-hybridized carbons (Fsp3) is 0.222. The van der Waals surface area contributed by atoms with E-state index in [1.807, 2.05) is 54.3 Å². The van der Waals surface area contributed by atoms with Crippen molar-refractivity contribution in [2.75, 3.05) is 24.5 Å². The zero-order valence-corrected chi connectivity index (χ0v) is 20.8. The molecule has 5 nitrogen and oxygen atoms in total. The average molecular weight is 511 g/mol. The van der Waals surface area contributed by atoms with Crippen molar-refractivity contribution in [2.45, 2.75) is 19.4 Å². The molecule has 180 valence electrons. The SMILES string of the molecule is C[C@H]1CN(c2nnc(-c3ccccc3)c3ccccc23)CCN1C(=O)Cc1ccc(F)c(Cl)c1.Cl. The Labute approximate surface area is 214 Å². The molecule has 1 atom stereocenters. The highest BCUT2D eigenvalue weighted by Crippen LogP contribution is 2.32. The predicted molar refractivity (Wildman–Crippen MR) is 141 cm³/mol. The molecule has 8 heteroatoms. The van der Waals surface area contributed by atoms with E-state index < -0.39 is 5.82 Å². The van der Waals surface area contributed by atoms with Crippen LogP contribution in [0.3, 0.4) is 0 Å². The Hall–Kier alpha value is -3.22. The van der Waals surface area contributed by atoms with Crippen LogP contribution in [0.15, 0.2) is 72.8 Å². The maximum Gasteiger partial charge on any atom is 0.227 e. The second-order valence-corrected chi connectivity index (χ2v) is 9.00. The van der Waals surface area contributed by atoms with Crippen LogP contribution >= 0.6 is 24.0 Å². The third-order valence-corrected chi connectivity index (χ3v) is 6.59. The van der Waals surface area contributed by atoms with Gasteiger partial charge in [0.15, 0.2) is 5.82 Å². The number of piperazine rings is 1. The Morgan fingerprint density at radius 3 is 2.43 bits per heavy atom. The van der Waals surface area contributed by atoms with Crippen LogP contribution in [0.5, 0.6) is 0 Å². The Morgan fingerprint density at radius 2 is 1.71 bits per heavy atom. The van der Waals surface area contributed by atoms with Crippen molar-refractivity contribution in [3.05, 3.63) is 89.2 Å². The van der Waals surface area contributed by atoms with Crippen LogP contribution in [0, 0.1) is 5.82 Å². The van der Waals surface area contributed by atoms with Crippen molar-refractivity contribution in [3.63, 3.8) is 0 Å². The number of benzene rings is 3. The molecule has 0 radical (unpaired) electrons. The molecule has 0 aliphatic carbocycles. The quantitative estimate of drug-likeness (QED) is 0.348. The summed E-state index contributed by atoms with van der Waals surface area (Å²) in [5, 5.41) is 11.3. The van der Waals surface area contributed by atoms with Crippen molar-refractivity contribution in [3.8, 4) is 11.3 Å². The molecule has 1 amide bonds. The summed E-state index contributed by atoms with van der Waals surface area (Å²) in [5.41, 5.74) is 2.60. The lowest BCUT2D eigenvalue weighted by molar-refractivity contribution is -0.132. The molecule has 0 spiro atoms. The van der Waals surface area contributed by atoms with Gasteiger partial charge >= 0.3 is 0 Å². The molecular formula is C27H25Cl2FN4O. The topological polar surface area (TPSA) is 49.3 Å². The summed E-state index contributed by atoms with van der Waals surface area (Å²) < 4.78 is 13.4. The molecule has 4 aromatic rings. The van der Waals surface area contributed by atoms with Gasteiger partial charge in [-0.05, 0) is 24.6 Å². The minimum Gasteiger partial charge on any atom is -0.351 e. The Balaban J connectivity index is 0.00000289. The monoisotopic (exact) mass is 510 g/mol. The van der Waals surface area contributed by atoms with Crippen LogP contribution in [0.4, 0.5) is 10.2 Å². The molecule has 1 saturated heterocycles. The first-order valence-corrected chi connectivity index (χ1v) is 11.7. The van der Waals surface area contributed by atoms with E-state index in [-0.39, 0.29) is 35.8 Å². The van der Waals surface area contributed by atoms with Crippen LogP contribution in [-0.4, -0.2) is 46.7 Å². The third-order valence-electron chi connectivity index (χ3n) is 6.30. The molecule has 1 aromatic heterocycles. The second kappa shape index (κ2) is 10.6. The average Bonchev–Trinajstić information content (AvgIpc) is 2.86. The van der Waals surface area contributed by atoms with Gasteiger partial charge < -0.3 is 9.80 Å². The highest BCUT2D eigenvalue weighted by molar-refractivity contribution is 6.30. The molecule has 0 N–H and O–H groups in total. The van der Waals surface area contributed by atoms with Crippen molar-refractivity contribution in [1.82, 2.24) is 15.1 Å². The highest BCUT2D eigenvalue weighted by Gasteiger charge is 2.29. The van der Waals surface area contributed by atoms with E-state index in [1.165, 1.54) is 12.1 Å². The van der Waals surface area contributed by atoms with E-state index in [9.17, 15) is 9.18 Å². The van der Waals surface area contributed by atoms with Crippen molar-refractivity contribution in [1.29, 1.82) is 0 Å². The molecule has 1 aliphatic heterocycles. The van der Waals surface area contributed by atoms with Crippen LogP contribution in [0.25, 0.3) is 22.0 Å². The van der Waals surface area contributed by atoms with E-state index in [1.54, 1.807) is 6.07 Å². The molecule has 1 aliphatic rings. The van der Waals surface area contributed by atoms with Crippen LogP contribution in [0.1, 0.15) is 12.5 Å². The van der Waals surface area contributed by atoms with Gasteiger partial charge in [0.1, 0.15) is 11.5 Å². The van der Waals surface area contributed by atoms with Crippen LogP contribution in [-0.2, 0) is 11.2 Å². The number of anilines is 1. The maximum atomic E-state index is 13.4. The molecule has 0 unspecified atom stereocenters. The summed E-state index contributed by atoms with van der Waals surface area (Å²) in [4.78, 5) is 17.1. The lowest BCUT2D eigenvalue weighted by atomic mass is 10.0. The van der Waals surface area contributed by atoms with E-state index in [0.29, 0.717) is 25.2 Å². The van der Waals surface area contributed by atoms with Crippen molar-refractivity contribution < 1.29 is 9.18 Å². The van der Waals surface area contributed by atoms with E-state index in [0.717, 1.165) is 27.8 Å². The molecule has 1 fully saturated rings. The normalized spacial score (nSPS) is 15.7. The summed E-state index contributed by atoms with van der Waals surface area (Å²) in [6.45, 7) is 3.92. The van der Waals surface area contributed by atoms with Crippen molar-refractivity contribution in [2.24, 2.45) is 0 Å². The van der Waals surface area contributed by atoms with Crippen LogP contribution < -0.4 is 4.90 Å². The minimum absolute atomic E-state index is 0. The number of aromatic nitrogens is 2. The molecule has 35 heavy (non-hydrogen) atoms. The lowest BCUT2D eigenvalue weighted by Crippen LogP contribution is -2.54. The number of rotatable bonds is 4. The number of carbonyl (C=O) groups is 1. The number of fused-ring (bicyclic) bond motifs is 1. The van der Waals surface area contributed by atoms with Gasteiger partial charge in [0.25, 0.3) is 0 Å². The third kappa shape index (κ3) is 5.09. The van der Waals surface area contributed by atoms with Crippen LogP contribution in [0.2, 0.25) is 5.02 Å². The lowest BCUT2D eigenvalue weighted by Gasteiger charge is -2.40. The van der Waals surface area contributed by atoms with Gasteiger partial charge in [0.05, 0.1) is 11.4 Å². The first-order chi connectivity index (χ1) is 16.5. The van der Waals surface area contributed by atoms with Gasteiger partial charge in [0.2, 0.25) is 5.91 Å². The molecule has 5 rings (SSSR count). The summed E-state index contributed by atoms with van der Waals surface area (Å²) in [7, 11) is 0. The zero-order valence-electron chi connectivity index (χ0n) is 19.2. The van der Waals surface area contributed by atoms with Gasteiger partial charge in [-0.1, -0.05) is 72.3 Å². The number of hydrogen-bond donors (Lipinski definition) is 0. The highest BCUT2D eigenvalue weighted by atomic mass is 35.5. The number of nitrogens with zero attached hydrogens (tertiary/aromatic N) is 4. The Kier molecular flexibility index (Phi) is 7.53. The number of hydrogen-bond acceptors (Lipinski definition) is 4. The van der Waals surface area contributed by atoms with Gasteiger partial charge in [-0.2, -0.15) is 0 Å². The zero-order chi connectivity index (χ0) is 23.7. The second-order valence-electron chi connectivity index (χ2n) is 8.59. The van der Waals surface area contributed by atoms with Gasteiger partial charge in [-0.15, -0.1) is 22.6 Å². The van der Waals surface area contributed by atoms with E-state index in [2.05, 4.69) is 27.2 Å². The first kappa shape index (κ1) is 24.9. The first-order valence-electron chi connectivity index (χ1n) is 11.3. The van der Waals surface area contributed by atoms with Gasteiger partial charge in [0, 0.05) is 42.0 Å². The minimum atomic E-state index is -0.480. The number of halogens is 3. The predicted octanol–water partition coefficient (Wildman–Crippen LogP) is 5.79. The fourth-order valence-corrected chi connectivity index (χ4v) is 4.78. The summed E-state index contributed by atoms with van der Waals surface area (Å²) >= 11 is 5.88. The summed E-state index contributed by atoms with van der Waals surface area (Å²) in [5.74, 6) is 0.358. The van der Waals surface area contributed by atoms with Gasteiger partial charge in [-0.25, -0.2) is 4.39 Å². The molecule has 3 aromatic carbocycles. The fourth-order valence-electron chi connectivity index (χ4n) is 4.58. The Morgan fingerprint density at radius 1 is 1.00 bits per heavy atom. The molecule has 2 heterocycles. The van der Waals surface area contributed by atoms with Gasteiger partial charge in [-0.3, -0.25) is 4.79 Å². The Bertz CT molecular complexity index is 1350. The summed E-state index contributed by atoms with van der Waals surface area (Å²) in [6.07, 6.45) is 0.193. The standard InChI is InChI=1S/C27H24ClFN4O.ClH/c1-18-17-32(13-14-33(18)25(34)16-19-11-12-24(29)23(28)15-19)27-22-10-6-5-9-21(22)26(30-31-27)20-7-3-2-4-8-20;/h2-12,15,18H,13-14,16-17H2,1H3;1H/t18-;/m0./s1. The van der Waals surface area contributed by atoms with E-state index in [4.69, 9.17) is 11.6 Å². The largest absolute Gasteiger partial charge is 0.351 e. The molecule has 0 bridgehead atoms. The maximum absolute atomic E-state index is 13.4. The summed E-state index contributed by atoms with van der Waals surface area (Å²) in [6, 6.07) is 22.7. The number of carbonyl (C=O) groups excluding carboxylic acids is 1. The van der Waals surface area contributed by atoms with E-state index >= 15 is 0 Å². The molecular weight excluding hydrogens is 486 g/mol.